The second-order valence-corrected chi connectivity index (χ2v) is 4.72. The molecule has 2 rings (SSSR count). The second kappa shape index (κ2) is 5.98. The van der Waals surface area contributed by atoms with Gasteiger partial charge in [-0.1, -0.05) is 0 Å². The number of ether oxygens (including phenoxy) is 1. The average Bonchev–Trinajstić information content (AvgIpc) is 2.71. The molecular formula is C11H15N5OS2. The Morgan fingerprint density at radius 3 is 2.68 bits per heavy atom. The van der Waals surface area contributed by atoms with E-state index in [1.165, 1.54) is 0 Å². The predicted octanol–water partition coefficient (Wildman–Crippen LogP) is 1.35. The van der Waals surface area contributed by atoms with Gasteiger partial charge < -0.3 is 10.1 Å². The van der Waals surface area contributed by atoms with Crippen LogP contribution in [0.3, 0.4) is 0 Å². The highest BCUT2D eigenvalue weighted by molar-refractivity contribution is 7.81. The van der Waals surface area contributed by atoms with Crippen LogP contribution < -0.4 is 20.9 Å². The van der Waals surface area contributed by atoms with Gasteiger partial charge in [-0.25, -0.2) is 5.01 Å². The van der Waals surface area contributed by atoms with E-state index in [2.05, 4.69) is 33.9 Å². The third kappa shape index (κ3) is 3.42. The molecular weight excluding hydrogens is 282 g/mol. The van der Waals surface area contributed by atoms with Gasteiger partial charge in [0, 0.05) is 5.69 Å². The fraction of sp³-hybridized carbons (Fsp3) is 0.273. The number of hydrazone groups is 1. The van der Waals surface area contributed by atoms with Crippen molar-refractivity contribution < 1.29 is 4.74 Å². The number of methoxy groups -OCH3 is 1. The molecule has 6 nitrogen and oxygen atoms in total. The van der Waals surface area contributed by atoms with E-state index in [0.717, 1.165) is 17.3 Å². The van der Waals surface area contributed by atoms with Crippen LogP contribution >= 0.6 is 24.8 Å². The SMILES string of the molecule is COc1ccc(NC(=S)NN2C(C)=NNC2S)cc1. The highest BCUT2D eigenvalue weighted by atomic mass is 32.1. The van der Waals surface area contributed by atoms with Gasteiger partial charge in [0.2, 0.25) is 0 Å². The molecule has 0 spiro atoms. The zero-order valence-corrected chi connectivity index (χ0v) is 12.3. The third-order valence-electron chi connectivity index (χ3n) is 2.50. The topological polar surface area (TPSA) is 60.9 Å². The molecule has 8 heteroatoms. The van der Waals surface area contributed by atoms with Crippen molar-refractivity contribution >= 4 is 41.5 Å². The van der Waals surface area contributed by atoms with Crippen molar-refractivity contribution in [2.45, 2.75) is 12.4 Å². The number of thiol groups is 1. The number of thiocarbonyl (C=S) groups is 1. The van der Waals surface area contributed by atoms with Crippen LogP contribution in [0.5, 0.6) is 5.75 Å². The van der Waals surface area contributed by atoms with E-state index in [1.807, 2.05) is 31.2 Å². The fourth-order valence-corrected chi connectivity index (χ4v) is 2.02. The Morgan fingerprint density at radius 2 is 2.16 bits per heavy atom. The van der Waals surface area contributed by atoms with E-state index in [-0.39, 0.29) is 5.50 Å². The second-order valence-electron chi connectivity index (χ2n) is 3.83. The van der Waals surface area contributed by atoms with Crippen molar-refractivity contribution in [3.05, 3.63) is 24.3 Å². The number of hydrazine groups is 1. The minimum atomic E-state index is -0.240. The van der Waals surface area contributed by atoms with Crippen molar-refractivity contribution in [2.75, 3.05) is 12.4 Å². The van der Waals surface area contributed by atoms with Gasteiger partial charge in [0.1, 0.15) is 11.6 Å². The minimum absolute atomic E-state index is 0.240. The van der Waals surface area contributed by atoms with Crippen LogP contribution in [-0.2, 0) is 0 Å². The summed E-state index contributed by atoms with van der Waals surface area (Å²) in [5.74, 6) is 1.56. The number of hydrogen-bond donors (Lipinski definition) is 4. The number of nitrogens with zero attached hydrogens (tertiary/aromatic N) is 2. The molecule has 0 radical (unpaired) electrons. The normalized spacial score (nSPS) is 17.5. The van der Waals surface area contributed by atoms with Crippen molar-refractivity contribution in [1.82, 2.24) is 15.9 Å². The predicted molar refractivity (Wildman–Crippen MR) is 83.2 cm³/mol. The quantitative estimate of drug-likeness (QED) is 0.499. The van der Waals surface area contributed by atoms with Gasteiger partial charge in [-0.05, 0) is 43.4 Å². The molecule has 0 aliphatic carbocycles. The van der Waals surface area contributed by atoms with Crippen molar-refractivity contribution in [3.8, 4) is 5.75 Å². The summed E-state index contributed by atoms with van der Waals surface area (Å²) in [6, 6.07) is 7.48. The van der Waals surface area contributed by atoms with Crippen LogP contribution in [0.1, 0.15) is 6.92 Å². The zero-order chi connectivity index (χ0) is 13.8. The summed E-state index contributed by atoms with van der Waals surface area (Å²) in [5.41, 5.74) is 6.45. The van der Waals surface area contributed by atoms with Crippen LogP contribution in [0.15, 0.2) is 29.4 Å². The van der Waals surface area contributed by atoms with E-state index in [4.69, 9.17) is 17.0 Å². The summed E-state index contributed by atoms with van der Waals surface area (Å²) in [4.78, 5) is 0. The zero-order valence-electron chi connectivity index (χ0n) is 10.5. The molecule has 1 atom stereocenters. The molecule has 0 aromatic heterocycles. The van der Waals surface area contributed by atoms with Gasteiger partial charge in [0.15, 0.2) is 10.6 Å². The molecule has 102 valence electrons. The van der Waals surface area contributed by atoms with Gasteiger partial charge in [0.25, 0.3) is 0 Å². The van der Waals surface area contributed by atoms with E-state index in [1.54, 1.807) is 12.1 Å². The summed E-state index contributed by atoms with van der Waals surface area (Å²) >= 11 is 9.54. The number of benzene rings is 1. The maximum Gasteiger partial charge on any atom is 0.189 e. The Labute approximate surface area is 122 Å². The molecule has 0 amide bonds. The highest BCUT2D eigenvalue weighted by Gasteiger charge is 2.22. The molecule has 1 aromatic rings. The molecule has 1 aliphatic heterocycles. The van der Waals surface area contributed by atoms with Gasteiger partial charge >= 0.3 is 0 Å². The summed E-state index contributed by atoms with van der Waals surface area (Å²) in [5, 5.41) is 9.28. The molecule has 0 fully saturated rings. The standard InChI is InChI=1S/C11H15N5OS2/c1-7-13-14-11(19)16(7)15-10(18)12-8-3-5-9(17-2)6-4-8/h3-6,11,14,19H,1-2H3,(H2,12,15,18). The molecule has 1 heterocycles. The lowest BCUT2D eigenvalue weighted by Gasteiger charge is -2.24. The van der Waals surface area contributed by atoms with Crippen LogP contribution in [-0.4, -0.2) is 28.6 Å². The summed E-state index contributed by atoms with van der Waals surface area (Å²) < 4.78 is 5.09. The lowest BCUT2D eigenvalue weighted by Crippen LogP contribution is -2.49. The molecule has 0 bridgehead atoms. The first-order chi connectivity index (χ1) is 9.10. The number of anilines is 1. The van der Waals surface area contributed by atoms with Crippen molar-refractivity contribution in [1.29, 1.82) is 0 Å². The van der Waals surface area contributed by atoms with Gasteiger partial charge in [-0.2, -0.15) is 5.10 Å². The third-order valence-corrected chi connectivity index (χ3v) is 3.04. The molecule has 3 N–H and O–H groups in total. The van der Waals surface area contributed by atoms with Crippen molar-refractivity contribution in [2.24, 2.45) is 5.10 Å². The Kier molecular flexibility index (Phi) is 4.33. The van der Waals surface area contributed by atoms with E-state index >= 15 is 0 Å². The van der Waals surface area contributed by atoms with Crippen LogP contribution in [0.2, 0.25) is 0 Å². The first-order valence-electron chi connectivity index (χ1n) is 5.59. The molecule has 0 saturated carbocycles. The molecule has 0 saturated heterocycles. The largest absolute Gasteiger partial charge is 0.497 e. The first kappa shape index (κ1) is 13.8. The maximum atomic E-state index is 5.23. The number of nitrogens with one attached hydrogen (secondary N) is 3. The first-order valence-corrected chi connectivity index (χ1v) is 6.51. The Morgan fingerprint density at radius 1 is 1.47 bits per heavy atom. The smallest absolute Gasteiger partial charge is 0.189 e. The number of hydrogen-bond acceptors (Lipinski definition) is 6. The highest BCUT2D eigenvalue weighted by Crippen LogP contribution is 2.15. The molecule has 1 aromatic carbocycles. The van der Waals surface area contributed by atoms with Gasteiger partial charge in [0.05, 0.1) is 7.11 Å². The summed E-state index contributed by atoms with van der Waals surface area (Å²) in [6.45, 7) is 1.85. The van der Waals surface area contributed by atoms with E-state index in [0.29, 0.717) is 5.11 Å². The van der Waals surface area contributed by atoms with Gasteiger partial charge in [-0.3, -0.25) is 10.9 Å². The van der Waals surface area contributed by atoms with Gasteiger partial charge in [-0.15, -0.1) is 12.6 Å². The summed E-state index contributed by atoms with van der Waals surface area (Å²) in [6.07, 6.45) is 0. The molecule has 19 heavy (non-hydrogen) atoms. The monoisotopic (exact) mass is 297 g/mol. The summed E-state index contributed by atoms with van der Waals surface area (Å²) in [7, 11) is 1.63. The molecule has 1 unspecified atom stereocenters. The van der Waals surface area contributed by atoms with Crippen LogP contribution in [0, 0.1) is 0 Å². The number of rotatable bonds is 3. The Hall–Kier alpha value is -1.67. The van der Waals surface area contributed by atoms with E-state index < -0.39 is 0 Å². The minimum Gasteiger partial charge on any atom is -0.497 e. The lowest BCUT2D eigenvalue weighted by atomic mass is 10.3. The van der Waals surface area contributed by atoms with Crippen molar-refractivity contribution in [3.63, 3.8) is 0 Å². The van der Waals surface area contributed by atoms with Crippen LogP contribution in [0.4, 0.5) is 5.69 Å². The Bertz CT molecular complexity index is 490. The Balaban J connectivity index is 1.92. The molecule has 1 aliphatic rings. The van der Waals surface area contributed by atoms with E-state index in [9.17, 15) is 0 Å². The fourth-order valence-electron chi connectivity index (χ4n) is 1.52. The lowest BCUT2D eigenvalue weighted by molar-refractivity contribution is 0.355. The average molecular weight is 297 g/mol. The maximum absolute atomic E-state index is 5.23. The number of amidine groups is 1. The van der Waals surface area contributed by atoms with Crippen LogP contribution in [0.25, 0.3) is 0 Å².